The van der Waals surface area contributed by atoms with Crippen LogP contribution in [0.5, 0.6) is 0 Å². The highest BCUT2D eigenvalue weighted by atomic mass is 19.1. The minimum Gasteiger partial charge on any atom is -0.370 e. The number of carbonyl (C=O) groups excluding carboxylic acids is 2. The lowest BCUT2D eigenvalue weighted by Crippen LogP contribution is -2.43. The molecule has 1 saturated carbocycles. The van der Waals surface area contributed by atoms with Crippen LogP contribution in [-0.4, -0.2) is 34.2 Å². The van der Waals surface area contributed by atoms with E-state index >= 15 is 0 Å². The second-order valence-corrected chi connectivity index (χ2v) is 10.2. The molecule has 38 heavy (non-hydrogen) atoms. The molecule has 2 aliphatic rings. The van der Waals surface area contributed by atoms with Crippen LogP contribution in [0.15, 0.2) is 53.7 Å². The molecule has 2 amide bonds. The van der Waals surface area contributed by atoms with Crippen LogP contribution >= 0.6 is 0 Å². The molecule has 2 aromatic rings. The van der Waals surface area contributed by atoms with Crippen LogP contribution in [0.25, 0.3) is 0 Å². The summed E-state index contributed by atoms with van der Waals surface area (Å²) in [7, 11) is 0. The molecule has 0 saturated heterocycles. The van der Waals surface area contributed by atoms with E-state index in [9.17, 15) is 14.0 Å². The number of rotatable bonds is 7. The van der Waals surface area contributed by atoms with Crippen molar-refractivity contribution >= 4 is 29.4 Å². The molecule has 0 unspecified atom stereocenters. The fourth-order valence-electron chi connectivity index (χ4n) is 4.81. The Labute approximate surface area is 220 Å². The number of aliphatic imine (C=N–C) groups is 1. The number of nitrogens with two attached hydrogens (primary N) is 3. The van der Waals surface area contributed by atoms with E-state index in [2.05, 4.69) is 29.1 Å². The summed E-state index contributed by atoms with van der Waals surface area (Å²) in [5.74, 6) is -2.85. The number of halogens is 1. The number of hydrogen-bond acceptors (Lipinski definition) is 4. The maximum absolute atomic E-state index is 13.9. The molecule has 0 heterocycles. The third-order valence-corrected chi connectivity index (χ3v) is 7.26. The molecule has 1 fully saturated rings. The van der Waals surface area contributed by atoms with Crippen LogP contribution in [0.4, 0.5) is 10.1 Å². The number of carbonyl (C=O) groups is 2. The number of aryl methyl sites for hydroxylation is 1. The summed E-state index contributed by atoms with van der Waals surface area (Å²) in [6, 6.07) is 9.38. The van der Waals surface area contributed by atoms with E-state index in [4.69, 9.17) is 22.6 Å². The van der Waals surface area contributed by atoms with Gasteiger partial charge in [0.15, 0.2) is 11.9 Å². The highest BCUT2D eigenvalue weighted by molar-refractivity contribution is 6.39. The molecule has 200 valence electrons. The highest BCUT2D eigenvalue weighted by Gasteiger charge is 2.44. The molecule has 0 aliphatic heterocycles. The number of amides is 2. The van der Waals surface area contributed by atoms with Gasteiger partial charge in [0.25, 0.3) is 0 Å². The lowest BCUT2D eigenvalue weighted by atomic mass is 9.97. The summed E-state index contributed by atoms with van der Waals surface area (Å²) in [5, 5.41) is 13.2. The minimum absolute atomic E-state index is 0.0223. The quantitative estimate of drug-likeness (QED) is 0.185. The Morgan fingerprint density at radius 3 is 2.50 bits per heavy atom. The summed E-state index contributed by atoms with van der Waals surface area (Å²) in [6.07, 6.45) is 2.43. The van der Waals surface area contributed by atoms with Crippen LogP contribution in [0, 0.1) is 24.1 Å². The largest absolute Gasteiger partial charge is 0.370 e. The van der Waals surface area contributed by atoms with Crippen molar-refractivity contribution in [2.45, 2.75) is 51.2 Å². The molecule has 0 radical (unpaired) electrons. The van der Waals surface area contributed by atoms with E-state index in [-0.39, 0.29) is 23.1 Å². The van der Waals surface area contributed by atoms with Crippen molar-refractivity contribution in [2.24, 2.45) is 28.1 Å². The smallest absolute Gasteiger partial charge is 0.313 e. The fraction of sp³-hybridized carbons (Fsp3) is 0.333. The second kappa shape index (κ2) is 10.2. The van der Waals surface area contributed by atoms with Crippen LogP contribution < -0.4 is 27.8 Å². The Kier molecular flexibility index (Phi) is 7.12. The topological polar surface area (TPSA) is 176 Å². The number of hydrogen-bond donors (Lipinski definition) is 6. The van der Waals surface area contributed by atoms with Gasteiger partial charge in [0.05, 0.1) is 6.04 Å². The number of nitrogens with one attached hydrogen (secondary N) is 3. The molecule has 9 N–H and O–H groups in total. The molecule has 10 nitrogen and oxygen atoms in total. The molecular formula is C27H33FN8O2. The Balaban J connectivity index is 1.56. The zero-order valence-corrected chi connectivity index (χ0v) is 21.5. The number of guanidine groups is 2. The zero-order valence-electron chi connectivity index (χ0n) is 21.5. The zero-order chi connectivity index (χ0) is 27.8. The molecule has 4 rings (SSSR count). The van der Waals surface area contributed by atoms with Gasteiger partial charge in [-0.25, -0.2) is 9.38 Å². The normalized spacial score (nSPS) is 18.6. The van der Waals surface area contributed by atoms with Crippen LogP contribution in [-0.2, 0) is 22.6 Å². The predicted octanol–water partition coefficient (Wildman–Crippen LogP) is 2.14. The molecule has 0 bridgehead atoms. The van der Waals surface area contributed by atoms with Gasteiger partial charge in [-0.3, -0.25) is 15.0 Å². The fourth-order valence-corrected chi connectivity index (χ4v) is 4.81. The van der Waals surface area contributed by atoms with Crippen molar-refractivity contribution < 1.29 is 14.0 Å². The van der Waals surface area contributed by atoms with Gasteiger partial charge in [-0.15, -0.1) is 0 Å². The van der Waals surface area contributed by atoms with E-state index < -0.39 is 29.6 Å². The van der Waals surface area contributed by atoms with Crippen LogP contribution in [0.2, 0.25) is 0 Å². The average molecular weight is 521 g/mol. The number of anilines is 1. The first kappa shape index (κ1) is 26.6. The highest BCUT2D eigenvalue weighted by Crippen LogP contribution is 2.43. The molecule has 2 atom stereocenters. The van der Waals surface area contributed by atoms with Gasteiger partial charge in [-0.05, 0) is 67.5 Å². The lowest BCUT2D eigenvalue weighted by molar-refractivity contribution is -0.136. The summed E-state index contributed by atoms with van der Waals surface area (Å²) in [4.78, 5) is 31.5. The molecule has 0 aromatic heterocycles. The third-order valence-electron chi connectivity index (χ3n) is 7.26. The first-order chi connectivity index (χ1) is 17.9. The molecule has 11 heteroatoms. The minimum atomic E-state index is -0.931. The van der Waals surface area contributed by atoms with Crippen molar-refractivity contribution in [1.82, 2.24) is 10.2 Å². The Bertz CT molecular complexity index is 1350. The van der Waals surface area contributed by atoms with E-state index in [0.717, 1.165) is 35.6 Å². The summed E-state index contributed by atoms with van der Waals surface area (Å²) >= 11 is 0. The standard InChI is InChI=1S/C27H33FN8O2/c1-14-4-6-18(12-21(14)28)34-23(37)24(38)35-22-19-7-5-16(13-36(26(31)32)27(3)8-9-27)10-17(19)11-20(22)15(2)33-25(29)30/h4-7,10,12,20,22H,2,8-9,11,13H2,1,3H3,(H3,31,32)(H,34,37)(H,35,38)(H4,29,30,33)/t20-,22+/m1/s1. The summed E-state index contributed by atoms with van der Waals surface area (Å²) < 4.78 is 13.9. The van der Waals surface area contributed by atoms with Crippen LogP contribution in [0.3, 0.4) is 0 Å². The van der Waals surface area contributed by atoms with E-state index in [1.165, 1.54) is 12.1 Å². The van der Waals surface area contributed by atoms with Crippen molar-refractivity contribution in [3.8, 4) is 0 Å². The summed E-state index contributed by atoms with van der Waals surface area (Å²) in [5.41, 5.74) is 20.6. The van der Waals surface area contributed by atoms with Gasteiger partial charge < -0.3 is 32.7 Å². The van der Waals surface area contributed by atoms with Crippen molar-refractivity contribution in [1.29, 1.82) is 5.41 Å². The average Bonchev–Trinajstić information content (AvgIpc) is 3.48. The van der Waals surface area contributed by atoms with Gasteiger partial charge in [0.1, 0.15) is 5.82 Å². The third kappa shape index (κ3) is 5.61. The number of benzene rings is 2. The molecule has 2 aromatic carbocycles. The van der Waals surface area contributed by atoms with Crippen molar-refractivity contribution in [3.63, 3.8) is 0 Å². The van der Waals surface area contributed by atoms with Crippen molar-refractivity contribution in [2.75, 3.05) is 5.32 Å². The molecular weight excluding hydrogens is 487 g/mol. The number of fused-ring (bicyclic) bond motifs is 1. The second-order valence-electron chi connectivity index (χ2n) is 10.2. The predicted molar refractivity (Wildman–Crippen MR) is 144 cm³/mol. The van der Waals surface area contributed by atoms with Gasteiger partial charge in [-0.1, -0.05) is 30.8 Å². The first-order valence-electron chi connectivity index (χ1n) is 12.3. The van der Waals surface area contributed by atoms with Gasteiger partial charge in [0.2, 0.25) is 0 Å². The molecule has 0 spiro atoms. The maximum atomic E-state index is 13.9. The Morgan fingerprint density at radius 1 is 1.18 bits per heavy atom. The van der Waals surface area contributed by atoms with Crippen LogP contribution in [0.1, 0.15) is 48.1 Å². The summed E-state index contributed by atoms with van der Waals surface area (Å²) in [6.45, 7) is 8.15. The van der Waals surface area contributed by atoms with E-state index in [1.807, 2.05) is 23.1 Å². The Hall–Kier alpha value is -4.41. The SMILES string of the molecule is C=C(N=C(N)N)[C@H]1Cc2cc(CN(C(=N)N)C3(C)CC3)ccc2[C@@H]1NC(=O)C(=O)Nc1ccc(C)c(F)c1. The van der Waals surface area contributed by atoms with Gasteiger partial charge in [-0.2, -0.15) is 0 Å². The van der Waals surface area contributed by atoms with E-state index in [0.29, 0.717) is 24.2 Å². The first-order valence-corrected chi connectivity index (χ1v) is 12.3. The number of nitrogens with zero attached hydrogens (tertiary/aromatic N) is 2. The Morgan fingerprint density at radius 2 is 1.89 bits per heavy atom. The monoisotopic (exact) mass is 520 g/mol. The van der Waals surface area contributed by atoms with Gasteiger partial charge in [0, 0.05) is 29.4 Å². The van der Waals surface area contributed by atoms with Crippen molar-refractivity contribution in [3.05, 3.63) is 76.7 Å². The van der Waals surface area contributed by atoms with E-state index in [1.54, 1.807) is 6.92 Å². The maximum Gasteiger partial charge on any atom is 0.313 e. The lowest BCUT2D eigenvalue weighted by Gasteiger charge is -2.30. The molecule has 2 aliphatic carbocycles. The van der Waals surface area contributed by atoms with Gasteiger partial charge >= 0.3 is 11.8 Å².